The van der Waals surface area contributed by atoms with Crippen LogP contribution in [0, 0.1) is 5.92 Å². The lowest BCUT2D eigenvalue weighted by Crippen LogP contribution is -2.18. The number of nitrogens with zero attached hydrogens (tertiary/aromatic N) is 1. The molecular formula is C12H19F3N2S. The maximum atomic E-state index is 12.3. The van der Waals surface area contributed by atoms with Gasteiger partial charge in [0.25, 0.3) is 0 Å². The van der Waals surface area contributed by atoms with Gasteiger partial charge in [0.05, 0.1) is 12.1 Å². The fourth-order valence-electron chi connectivity index (χ4n) is 1.57. The second-order valence-corrected chi connectivity index (χ2v) is 5.82. The van der Waals surface area contributed by atoms with Crippen molar-refractivity contribution in [2.75, 3.05) is 6.54 Å². The van der Waals surface area contributed by atoms with Crippen LogP contribution >= 0.6 is 11.3 Å². The highest BCUT2D eigenvalue weighted by Crippen LogP contribution is 2.26. The van der Waals surface area contributed by atoms with E-state index < -0.39 is 12.6 Å². The van der Waals surface area contributed by atoms with Crippen LogP contribution in [-0.2, 0) is 19.4 Å². The molecule has 104 valence electrons. The molecule has 0 atom stereocenters. The summed E-state index contributed by atoms with van der Waals surface area (Å²) in [7, 11) is 0. The van der Waals surface area contributed by atoms with E-state index in [-0.39, 0.29) is 5.01 Å². The topological polar surface area (TPSA) is 24.9 Å². The van der Waals surface area contributed by atoms with E-state index in [9.17, 15) is 13.2 Å². The van der Waals surface area contributed by atoms with Crippen LogP contribution in [-0.4, -0.2) is 17.7 Å². The minimum absolute atomic E-state index is 0.167. The monoisotopic (exact) mass is 280 g/mol. The fourth-order valence-corrected chi connectivity index (χ4v) is 2.73. The highest BCUT2D eigenvalue weighted by molar-refractivity contribution is 7.11. The van der Waals surface area contributed by atoms with Crippen LogP contribution in [0.15, 0.2) is 0 Å². The van der Waals surface area contributed by atoms with Gasteiger partial charge in [-0.15, -0.1) is 11.3 Å². The molecule has 1 N–H and O–H groups in total. The van der Waals surface area contributed by atoms with Crippen molar-refractivity contribution in [1.29, 1.82) is 0 Å². The van der Waals surface area contributed by atoms with Crippen LogP contribution in [0.3, 0.4) is 0 Å². The average Bonchev–Trinajstić information content (AvgIpc) is 2.57. The Balaban J connectivity index is 2.66. The Morgan fingerprint density at radius 1 is 1.33 bits per heavy atom. The highest BCUT2D eigenvalue weighted by atomic mass is 32.1. The maximum absolute atomic E-state index is 12.3. The van der Waals surface area contributed by atoms with Gasteiger partial charge < -0.3 is 5.32 Å². The molecule has 0 unspecified atom stereocenters. The molecule has 18 heavy (non-hydrogen) atoms. The van der Waals surface area contributed by atoms with Gasteiger partial charge in [-0.3, -0.25) is 0 Å². The van der Waals surface area contributed by atoms with Crippen molar-refractivity contribution in [1.82, 2.24) is 10.3 Å². The predicted octanol–water partition coefficient (Wildman–Crippen LogP) is 3.56. The minimum atomic E-state index is -4.18. The lowest BCUT2D eigenvalue weighted by molar-refractivity contribution is -0.127. The third-order valence-corrected chi connectivity index (χ3v) is 3.44. The van der Waals surface area contributed by atoms with Gasteiger partial charge in [0.2, 0.25) is 0 Å². The summed E-state index contributed by atoms with van der Waals surface area (Å²) in [5.74, 6) is 0.526. The van der Waals surface area contributed by atoms with E-state index in [2.05, 4.69) is 24.1 Å². The molecule has 2 nitrogen and oxygen atoms in total. The van der Waals surface area contributed by atoms with Crippen LogP contribution in [0.5, 0.6) is 0 Å². The molecule has 6 heteroatoms. The van der Waals surface area contributed by atoms with Crippen LogP contribution < -0.4 is 5.32 Å². The first-order valence-corrected chi connectivity index (χ1v) is 6.88. The molecule has 0 aromatic carbocycles. The summed E-state index contributed by atoms with van der Waals surface area (Å²) in [6.45, 7) is 7.57. The molecule has 1 rings (SSSR count). The third kappa shape index (κ3) is 5.35. The second-order valence-electron chi connectivity index (χ2n) is 4.65. The molecule has 0 radical (unpaired) electrons. The number of thiazole rings is 1. The van der Waals surface area contributed by atoms with Crippen molar-refractivity contribution in [3.8, 4) is 0 Å². The molecule has 1 aromatic rings. The Bertz CT molecular complexity index is 372. The molecule has 0 aliphatic heterocycles. The normalized spacial score (nSPS) is 12.4. The third-order valence-electron chi connectivity index (χ3n) is 2.35. The first-order chi connectivity index (χ1) is 8.31. The number of alkyl halides is 3. The number of hydrogen-bond donors (Lipinski definition) is 1. The van der Waals surface area contributed by atoms with Crippen LogP contribution in [0.25, 0.3) is 0 Å². The molecule has 0 fully saturated rings. The van der Waals surface area contributed by atoms with Crippen LogP contribution in [0.4, 0.5) is 13.2 Å². The number of nitrogens with one attached hydrogen (secondary N) is 1. The summed E-state index contributed by atoms with van der Waals surface area (Å²) in [6.07, 6.45) is -4.42. The number of rotatable bonds is 6. The van der Waals surface area contributed by atoms with Crippen molar-refractivity contribution in [3.05, 3.63) is 15.6 Å². The Morgan fingerprint density at radius 2 is 2.00 bits per heavy atom. The zero-order chi connectivity index (χ0) is 13.8. The van der Waals surface area contributed by atoms with E-state index in [4.69, 9.17) is 0 Å². The molecule has 0 aliphatic carbocycles. The van der Waals surface area contributed by atoms with Gasteiger partial charge in [0, 0.05) is 11.4 Å². The SMILES string of the molecule is CCc1nc(CC(F)(F)F)sc1CNCC(C)C. The molecule has 1 aromatic heterocycles. The van der Waals surface area contributed by atoms with Gasteiger partial charge in [-0.2, -0.15) is 13.2 Å². The highest BCUT2D eigenvalue weighted by Gasteiger charge is 2.30. The summed E-state index contributed by atoms with van der Waals surface area (Å²) < 4.78 is 36.9. The lowest BCUT2D eigenvalue weighted by Gasteiger charge is -2.06. The molecule has 0 aliphatic rings. The van der Waals surface area contributed by atoms with Gasteiger partial charge in [0.1, 0.15) is 5.01 Å². The predicted molar refractivity (Wildman–Crippen MR) is 67.8 cm³/mol. The van der Waals surface area contributed by atoms with Crippen molar-refractivity contribution in [3.63, 3.8) is 0 Å². The number of hydrogen-bond acceptors (Lipinski definition) is 3. The van der Waals surface area contributed by atoms with E-state index in [1.807, 2.05) is 6.92 Å². The van der Waals surface area contributed by atoms with Crippen molar-refractivity contribution >= 4 is 11.3 Å². The quantitative estimate of drug-likeness (QED) is 0.862. The summed E-state index contributed by atoms with van der Waals surface area (Å²) in [4.78, 5) is 5.00. The molecule has 0 saturated heterocycles. The standard InChI is InChI=1S/C12H19F3N2S/c1-4-9-10(7-16-6-8(2)3)18-11(17-9)5-12(13,14)15/h8,16H,4-7H2,1-3H3. The Morgan fingerprint density at radius 3 is 2.50 bits per heavy atom. The van der Waals surface area contributed by atoms with E-state index >= 15 is 0 Å². The molecule has 0 saturated carbocycles. The van der Waals surface area contributed by atoms with E-state index in [1.54, 1.807) is 0 Å². The lowest BCUT2D eigenvalue weighted by atomic mass is 10.2. The van der Waals surface area contributed by atoms with Gasteiger partial charge in [-0.25, -0.2) is 4.98 Å². The fraction of sp³-hybridized carbons (Fsp3) is 0.750. The summed E-state index contributed by atoms with van der Waals surface area (Å²) in [5, 5.41) is 3.41. The molecule has 0 amide bonds. The number of aryl methyl sites for hydroxylation is 1. The second kappa shape index (κ2) is 6.52. The van der Waals surface area contributed by atoms with Crippen molar-refractivity contribution in [2.45, 2.75) is 46.3 Å². The zero-order valence-electron chi connectivity index (χ0n) is 10.9. The first-order valence-electron chi connectivity index (χ1n) is 6.06. The largest absolute Gasteiger partial charge is 0.395 e. The Labute approximate surface area is 110 Å². The summed E-state index contributed by atoms with van der Waals surface area (Å²) in [5.41, 5.74) is 0.788. The molecule has 0 spiro atoms. The molecule has 0 bridgehead atoms. The van der Waals surface area contributed by atoms with Gasteiger partial charge in [-0.05, 0) is 18.9 Å². The summed E-state index contributed by atoms with van der Waals surface area (Å²) in [6, 6.07) is 0. The Hall–Kier alpha value is -0.620. The maximum Gasteiger partial charge on any atom is 0.395 e. The smallest absolute Gasteiger partial charge is 0.312 e. The number of aromatic nitrogens is 1. The van der Waals surface area contributed by atoms with Gasteiger partial charge in [-0.1, -0.05) is 20.8 Å². The average molecular weight is 280 g/mol. The van der Waals surface area contributed by atoms with E-state index in [0.717, 1.165) is 17.1 Å². The minimum Gasteiger partial charge on any atom is -0.312 e. The first kappa shape index (κ1) is 15.4. The molecule has 1 heterocycles. The van der Waals surface area contributed by atoms with Crippen molar-refractivity contribution < 1.29 is 13.2 Å². The number of halogens is 3. The molecular weight excluding hydrogens is 261 g/mol. The van der Waals surface area contributed by atoms with Gasteiger partial charge >= 0.3 is 6.18 Å². The zero-order valence-corrected chi connectivity index (χ0v) is 11.7. The van der Waals surface area contributed by atoms with Crippen LogP contribution in [0.1, 0.15) is 36.3 Å². The van der Waals surface area contributed by atoms with E-state index in [1.165, 1.54) is 11.3 Å². The van der Waals surface area contributed by atoms with E-state index in [0.29, 0.717) is 18.9 Å². The van der Waals surface area contributed by atoms with Crippen molar-refractivity contribution in [2.24, 2.45) is 5.92 Å². The van der Waals surface area contributed by atoms with Crippen LogP contribution in [0.2, 0.25) is 0 Å². The Kier molecular flexibility index (Phi) is 5.59. The van der Waals surface area contributed by atoms with Gasteiger partial charge in [0.15, 0.2) is 0 Å². The summed E-state index contributed by atoms with van der Waals surface area (Å²) >= 11 is 1.17.